The smallest absolute Gasteiger partial charge is 0.262 e. The van der Waals surface area contributed by atoms with Crippen LogP contribution in [0.15, 0.2) is 23.4 Å². The second-order valence-electron chi connectivity index (χ2n) is 2.33. The highest BCUT2D eigenvalue weighted by atomic mass is 16.1. The Morgan fingerprint density at radius 3 is 3.00 bits per heavy atom. The summed E-state index contributed by atoms with van der Waals surface area (Å²) in [6.45, 7) is 0. The van der Waals surface area contributed by atoms with Crippen LogP contribution in [0.25, 0.3) is 11.0 Å². The minimum atomic E-state index is -0.259. The summed E-state index contributed by atoms with van der Waals surface area (Å²) < 4.78 is 0. The maximum Gasteiger partial charge on any atom is 0.262 e. The Hall–Kier alpha value is -1.91. The molecule has 0 radical (unpaired) electrons. The van der Waals surface area contributed by atoms with Crippen LogP contribution in [0.5, 0.6) is 0 Å². The predicted octanol–water partition coefficient (Wildman–Crippen LogP) is -0.0997. The van der Waals surface area contributed by atoms with Crippen molar-refractivity contribution < 1.29 is 0 Å². The molecule has 5 nitrogen and oxygen atoms in total. The SMILES string of the molecule is Nc1ccnc2nc[nH]c(=O)c12. The number of anilines is 1. The van der Waals surface area contributed by atoms with E-state index in [-0.39, 0.29) is 5.56 Å². The molecule has 0 saturated heterocycles. The van der Waals surface area contributed by atoms with Crippen molar-refractivity contribution >= 4 is 16.7 Å². The van der Waals surface area contributed by atoms with Crippen LogP contribution < -0.4 is 11.3 Å². The third kappa shape index (κ3) is 0.833. The van der Waals surface area contributed by atoms with Crippen molar-refractivity contribution in [3.05, 3.63) is 28.9 Å². The van der Waals surface area contributed by atoms with Crippen LogP contribution in [-0.2, 0) is 0 Å². The third-order valence-corrected chi connectivity index (χ3v) is 1.57. The van der Waals surface area contributed by atoms with Gasteiger partial charge in [-0.05, 0) is 6.07 Å². The third-order valence-electron chi connectivity index (χ3n) is 1.57. The quantitative estimate of drug-likeness (QED) is 0.566. The van der Waals surface area contributed by atoms with E-state index in [1.807, 2.05) is 0 Å². The standard InChI is InChI=1S/C7H6N4O/c8-4-1-2-9-6-5(4)7(12)11-3-10-6/h1-3H,(H3,8,9,10,11,12). The van der Waals surface area contributed by atoms with Crippen LogP contribution in [0, 0.1) is 0 Å². The molecule has 0 aromatic carbocycles. The van der Waals surface area contributed by atoms with E-state index in [2.05, 4.69) is 15.0 Å². The number of aromatic nitrogens is 3. The molecule has 0 aliphatic heterocycles. The number of fused-ring (bicyclic) bond motifs is 1. The van der Waals surface area contributed by atoms with Gasteiger partial charge in [-0.2, -0.15) is 0 Å². The number of nitrogens with one attached hydrogen (secondary N) is 1. The van der Waals surface area contributed by atoms with Crippen molar-refractivity contribution in [2.45, 2.75) is 0 Å². The molecule has 0 aliphatic carbocycles. The van der Waals surface area contributed by atoms with Gasteiger partial charge in [0.05, 0.1) is 6.33 Å². The Morgan fingerprint density at radius 2 is 2.25 bits per heavy atom. The maximum atomic E-state index is 11.2. The molecule has 0 unspecified atom stereocenters. The van der Waals surface area contributed by atoms with Gasteiger partial charge in [0.1, 0.15) is 5.39 Å². The molecule has 0 bridgehead atoms. The lowest BCUT2D eigenvalue weighted by Gasteiger charge is -1.96. The zero-order valence-corrected chi connectivity index (χ0v) is 6.11. The van der Waals surface area contributed by atoms with Crippen molar-refractivity contribution in [1.29, 1.82) is 0 Å². The molecule has 2 rings (SSSR count). The van der Waals surface area contributed by atoms with E-state index in [1.54, 1.807) is 6.07 Å². The molecule has 60 valence electrons. The zero-order chi connectivity index (χ0) is 8.55. The average molecular weight is 162 g/mol. The number of rotatable bonds is 0. The number of H-pyrrole nitrogens is 1. The Kier molecular flexibility index (Phi) is 1.30. The fraction of sp³-hybridized carbons (Fsp3) is 0. The summed E-state index contributed by atoms with van der Waals surface area (Å²) >= 11 is 0. The second kappa shape index (κ2) is 2.30. The first-order valence-electron chi connectivity index (χ1n) is 3.37. The first kappa shape index (κ1) is 6.78. The fourth-order valence-corrected chi connectivity index (χ4v) is 1.02. The summed E-state index contributed by atoms with van der Waals surface area (Å²) in [7, 11) is 0. The summed E-state index contributed by atoms with van der Waals surface area (Å²) in [6, 6.07) is 1.57. The minimum Gasteiger partial charge on any atom is -0.398 e. The number of nitrogens with zero attached hydrogens (tertiary/aromatic N) is 2. The van der Waals surface area contributed by atoms with Gasteiger partial charge in [0.25, 0.3) is 5.56 Å². The molecular weight excluding hydrogens is 156 g/mol. The van der Waals surface area contributed by atoms with Crippen LogP contribution in [0.2, 0.25) is 0 Å². The average Bonchev–Trinajstić information content (AvgIpc) is 2.04. The van der Waals surface area contributed by atoms with Crippen molar-refractivity contribution in [1.82, 2.24) is 15.0 Å². The molecule has 0 saturated carbocycles. The summed E-state index contributed by atoms with van der Waals surface area (Å²) in [5.74, 6) is 0. The summed E-state index contributed by atoms with van der Waals surface area (Å²) in [4.78, 5) is 21.4. The summed E-state index contributed by atoms with van der Waals surface area (Å²) in [5.41, 5.74) is 6.07. The molecule has 0 amide bonds. The Bertz CT molecular complexity index is 471. The summed E-state index contributed by atoms with van der Waals surface area (Å²) in [6.07, 6.45) is 2.82. The molecule has 0 spiro atoms. The van der Waals surface area contributed by atoms with E-state index >= 15 is 0 Å². The van der Waals surface area contributed by atoms with Gasteiger partial charge in [-0.15, -0.1) is 0 Å². The van der Waals surface area contributed by atoms with Gasteiger partial charge in [-0.3, -0.25) is 4.79 Å². The lowest BCUT2D eigenvalue weighted by atomic mass is 10.3. The van der Waals surface area contributed by atoms with Crippen molar-refractivity contribution in [3.63, 3.8) is 0 Å². The molecule has 2 aromatic rings. The van der Waals surface area contributed by atoms with Crippen molar-refractivity contribution in [3.8, 4) is 0 Å². The molecule has 0 atom stereocenters. The molecule has 0 fully saturated rings. The Labute approximate surface area is 67.3 Å². The van der Waals surface area contributed by atoms with Gasteiger partial charge in [0.15, 0.2) is 5.65 Å². The molecular formula is C7H6N4O. The monoisotopic (exact) mass is 162 g/mol. The van der Waals surface area contributed by atoms with Gasteiger partial charge in [-0.1, -0.05) is 0 Å². The summed E-state index contributed by atoms with van der Waals surface area (Å²) in [5, 5.41) is 0.347. The highest BCUT2D eigenvalue weighted by Gasteiger charge is 2.02. The van der Waals surface area contributed by atoms with Crippen molar-refractivity contribution in [2.24, 2.45) is 0 Å². The Morgan fingerprint density at radius 1 is 1.42 bits per heavy atom. The van der Waals surface area contributed by atoms with E-state index in [0.29, 0.717) is 16.7 Å². The van der Waals surface area contributed by atoms with E-state index < -0.39 is 0 Å². The Balaban J connectivity index is 3.07. The van der Waals surface area contributed by atoms with Crippen LogP contribution in [0.3, 0.4) is 0 Å². The van der Waals surface area contributed by atoms with Gasteiger partial charge >= 0.3 is 0 Å². The number of aromatic amines is 1. The van der Waals surface area contributed by atoms with Gasteiger partial charge in [0.2, 0.25) is 0 Å². The van der Waals surface area contributed by atoms with Gasteiger partial charge in [-0.25, -0.2) is 9.97 Å². The zero-order valence-electron chi connectivity index (χ0n) is 6.11. The van der Waals surface area contributed by atoms with Crippen LogP contribution in [0.4, 0.5) is 5.69 Å². The van der Waals surface area contributed by atoms with Crippen molar-refractivity contribution in [2.75, 3.05) is 5.73 Å². The lowest BCUT2D eigenvalue weighted by Crippen LogP contribution is -2.09. The topological polar surface area (TPSA) is 84.7 Å². The van der Waals surface area contributed by atoms with E-state index in [9.17, 15) is 4.79 Å². The van der Waals surface area contributed by atoms with E-state index in [0.717, 1.165) is 0 Å². The van der Waals surface area contributed by atoms with E-state index in [1.165, 1.54) is 12.5 Å². The van der Waals surface area contributed by atoms with Crippen LogP contribution in [0.1, 0.15) is 0 Å². The molecule has 12 heavy (non-hydrogen) atoms. The predicted molar refractivity (Wildman–Crippen MR) is 44.6 cm³/mol. The number of nitrogen functional groups attached to an aromatic ring is 1. The number of hydrogen-bond donors (Lipinski definition) is 2. The van der Waals surface area contributed by atoms with Crippen LogP contribution in [-0.4, -0.2) is 15.0 Å². The maximum absolute atomic E-state index is 11.2. The molecule has 0 aliphatic rings. The minimum absolute atomic E-state index is 0.259. The highest BCUT2D eigenvalue weighted by molar-refractivity contribution is 5.85. The van der Waals surface area contributed by atoms with E-state index in [4.69, 9.17) is 5.73 Å². The molecule has 5 heteroatoms. The molecule has 2 heterocycles. The second-order valence-corrected chi connectivity index (χ2v) is 2.33. The van der Waals surface area contributed by atoms with Gasteiger partial charge in [0, 0.05) is 11.9 Å². The highest BCUT2D eigenvalue weighted by Crippen LogP contribution is 2.09. The fourth-order valence-electron chi connectivity index (χ4n) is 1.02. The number of pyridine rings is 1. The first-order chi connectivity index (χ1) is 5.79. The number of hydrogen-bond acceptors (Lipinski definition) is 4. The normalized spacial score (nSPS) is 10.3. The first-order valence-corrected chi connectivity index (χ1v) is 3.37. The van der Waals surface area contributed by atoms with Gasteiger partial charge < -0.3 is 10.7 Å². The number of nitrogens with two attached hydrogens (primary N) is 1. The van der Waals surface area contributed by atoms with Crippen LogP contribution >= 0.6 is 0 Å². The molecule has 3 N–H and O–H groups in total. The lowest BCUT2D eigenvalue weighted by molar-refractivity contribution is 1.14. The largest absolute Gasteiger partial charge is 0.398 e. The molecule has 2 aromatic heterocycles.